The van der Waals surface area contributed by atoms with Crippen molar-refractivity contribution in [2.45, 2.75) is 0 Å². The molecule has 1 aliphatic rings. The third-order valence-corrected chi connectivity index (χ3v) is 9.60. The van der Waals surface area contributed by atoms with Gasteiger partial charge in [0.1, 0.15) is 0 Å². The van der Waals surface area contributed by atoms with E-state index in [1.54, 1.807) is 0 Å². The molecule has 0 saturated carbocycles. The van der Waals surface area contributed by atoms with Crippen molar-refractivity contribution in [2.24, 2.45) is 0 Å². The molecule has 222 valence electrons. The first-order chi connectivity index (χ1) is 23.8. The molecule has 1 aromatic heterocycles. The Morgan fingerprint density at radius 3 is 1.40 bits per heavy atom. The van der Waals surface area contributed by atoms with Crippen LogP contribution in [-0.2, 0) is 0 Å². The van der Waals surface area contributed by atoms with Crippen LogP contribution in [-0.4, -0.2) is 15.0 Å². The number of benzene rings is 8. The highest BCUT2D eigenvalue weighted by Gasteiger charge is 2.26. The van der Waals surface area contributed by atoms with Gasteiger partial charge in [-0.15, -0.1) is 0 Å². The van der Waals surface area contributed by atoms with Crippen molar-refractivity contribution < 1.29 is 0 Å². The van der Waals surface area contributed by atoms with Crippen LogP contribution in [0.15, 0.2) is 164 Å². The maximum Gasteiger partial charge on any atom is 0.164 e. The average molecular weight is 610 g/mol. The summed E-state index contributed by atoms with van der Waals surface area (Å²) in [7, 11) is 0. The highest BCUT2D eigenvalue weighted by molar-refractivity contribution is 6.18. The molecule has 0 spiro atoms. The molecule has 8 aromatic carbocycles. The summed E-state index contributed by atoms with van der Waals surface area (Å²) >= 11 is 0. The molecule has 1 heterocycles. The average Bonchev–Trinajstić information content (AvgIpc) is 3.49. The lowest BCUT2D eigenvalue weighted by Crippen LogP contribution is -2.01. The summed E-state index contributed by atoms with van der Waals surface area (Å²) in [5, 5.41) is 7.22. The van der Waals surface area contributed by atoms with Gasteiger partial charge >= 0.3 is 0 Å². The second kappa shape index (κ2) is 10.5. The molecular formula is C45H27N3. The first-order valence-electron chi connectivity index (χ1n) is 16.3. The quantitative estimate of drug-likeness (QED) is 0.199. The number of hydrogen-bond acceptors (Lipinski definition) is 3. The van der Waals surface area contributed by atoms with E-state index in [9.17, 15) is 0 Å². The molecule has 10 rings (SSSR count). The normalized spacial score (nSPS) is 11.8. The topological polar surface area (TPSA) is 38.7 Å². The first-order valence-corrected chi connectivity index (χ1v) is 16.3. The van der Waals surface area contributed by atoms with E-state index in [4.69, 9.17) is 15.0 Å². The van der Waals surface area contributed by atoms with Gasteiger partial charge in [-0.3, -0.25) is 0 Å². The molecule has 9 aromatic rings. The molecule has 0 bridgehead atoms. The van der Waals surface area contributed by atoms with Crippen LogP contribution in [0.5, 0.6) is 0 Å². The Balaban J connectivity index is 1.24. The standard InChI is InChI=1S/C45H27N3/c1-2-12-30(13-3-1)39-26-36(27-40-37-18-8-16-31-17-9-19-38(41(31)37)42(39)40)45-47-43(34-22-20-28-10-4-6-14-32(28)24-34)46-44(48-45)35-23-21-29-11-5-7-15-33(29)25-35/h1-27H. The molecular weight excluding hydrogens is 583 g/mol. The smallest absolute Gasteiger partial charge is 0.164 e. The molecule has 0 amide bonds. The van der Waals surface area contributed by atoms with E-state index in [0.717, 1.165) is 27.5 Å². The Bertz CT molecular complexity index is 2630. The largest absolute Gasteiger partial charge is 0.208 e. The fourth-order valence-electron chi connectivity index (χ4n) is 7.31. The van der Waals surface area contributed by atoms with E-state index in [-0.39, 0.29) is 0 Å². The molecule has 3 nitrogen and oxygen atoms in total. The van der Waals surface area contributed by atoms with Crippen molar-refractivity contribution in [1.82, 2.24) is 15.0 Å². The second-order valence-corrected chi connectivity index (χ2v) is 12.5. The Kier molecular flexibility index (Phi) is 5.87. The van der Waals surface area contributed by atoms with E-state index in [1.165, 1.54) is 54.9 Å². The van der Waals surface area contributed by atoms with Crippen molar-refractivity contribution in [1.29, 1.82) is 0 Å². The van der Waals surface area contributed by atoms with Gasteiger partial charge < -0.3 is 0 Å². The summed E-state index contributed by atoms with van der Waals surface area (Å²) in [6.45, 7) is 0. The molecule has 48 heavy (non-hydrogen) atoms. The first kappa shape index (κ1) is 26.7. The highest BCUT2D eigenvalue weighted by Crippen LogP contribution is 2.52. The SMILES string of the molecule is c1ccc(-c2cc(-c3nc(-c4ccc5ccccc5c4)nc(-c4ccc5ccccc5c4)n3)cc3c2-c2cccc4cccc-3c24)cc1. The van der Waals surface area contributed by atoms with Crippen LogP contribution in [0.2, 0.25) is 0 Å². The number of nitrogens with zero attached hydrogens (tertiary/aromatic N) is 3. The molecule has 3 heteroatoms. The second-order valence-electron chi connectivity index (χ2n) is 12.5. The lowest BCUT2D eigenvalue weighted by Gasteiger charge is -2.15. The molecule has 0 fully saturated rings. The number of rotatable bonds is 4. The Morgan fingerprint density at radius 2 is 0.771 bits per heavy atom. The van der Waals surface area contributed by atoms with Crippen LogP contribution >= 0.6 is 0 Å². The van der Waals surface area contributed by atoms with Crippen LogP contribution in [0.1, 0.15) is 0 Å². The van der Waals surface area contributed by atoms with Crippen LogP contribution in [0.25, 0.3) is 99.9 Å². The molecule has 0 aliphatic heterocycles. The number of hydrogen-bond donors (Lipinski definition) is 0. The van der Waals surface area contributed by atoms with Crippen molar-refractivity contribution >= 4 is 32.3 Å². The summed E-state index contributed by atoms with van der Waals surface area (Å²) in [5.74, 6) is 1.96. The Labute approximate surface area is 277 Å². The van der Waals surface area contributed by atoms with Gasteiger partial charge in [0, 0.05) is 16.7 Å². The van der Waals surface area contributed by atoms with Crippen LogP contribution in [0, 0.1) is 0 Å². The summed E-state index contributed by atoms with van der Waals surface area (Å²) in [4.78, 5) is 15.5. The summed E-state index contributed by atoms with van der Waals surface area (Å²) in [6.07, 6.45) is 0. The maximum absolute atomic E-state index is 5.20. The van der Waals surface area contributed by atoms with Gasteiger partial charge in [0.25, 0.3) is 0 Å². The van der Waals surface area contributed by atoms with Gasteiger partial charge in [-0.25, -0.2) is 15.0 Å². The maximum atomic E-state index is 5.20. The summed E-state index contributed by atoms with van der Waals surface area (Å²) < 4.78 is 0. The van der Waals surface area contributed by atoms with Crippen LogP contribution in [0.4, 0.5) is 0 Å². The predicted octanol–water partition coefficient (Wildman–Crippen LogP) is 11.6. The van der Waals surface area contributed by atoms with Gasteiger partial charge in [0.05, 0.1) is 0 Å². The lowest BCUT2D eigenvalue weighted by molar-refractivity contribution is 1.08. The van der Waals surface area contributed by atoms with Gasteiger partial charge in [0.2, 0.25) is 0 Å². The molecule has 0 N–H and O–H groups in total. The van der Waals surface area contributed by atoms with E-state index in [1.807, 2.05) is 0 Å². The van der Waals surface area contributed by atoms with Crippen molar-refractivity contribution in [3.63, 3.8) is 0 Å². The Morgan fingerprint density at radius 1 is 0.271 bits per heavy atom. The van der Waals surface area contributed by atoms with Crippen molar-refractivity contribution in [2.75, 3.05) is 0 Å². The highest BCUT2D eigenvalue weighted by atomic mass is 15.0. The summed E-state index contributed by atoms with van der Waals surface area (Å²) in [5.41, 5.74) is 10.2. The zero-order chi connectivity index (χ0) is 31.6. The molecule has 0 saturated heterocycles. The van der Waals surface area contributed by atoms with Gasteiger partial charge in [0.15, 0.2) is 17.5 Å². The molecule has 0 atom stereocenters. The number of fused-ring (bicyclic) bond motifs is 5. The third-order valence-electron chi connectivity index (χ3n) is 9.60. The Hall–Kier alpha value is -6.45. The minimum atomic E-state index is 0.652. The van der Waals surface area contributed by atoms with Crippen LogP contribution in [0.3, 0.4) is 0 Å². The number of aromatic nitrogens is 3. The van der Waals surface area contributed by atoms with Gasteiger partial charge in [-0.2, -0.15) is 0 Å². The fourth-order valence-corrected chi connectivity index (χ4v) is 7.31. The minimum absolute atomic E-state index is 0.652. The van der Waals surface area contributed by atoms with E-state index in [0.29, 0.717) is 17.5 Å². The predicted molar refractivity (Wildman–Crippen MR) is 199 cm³/mol. The van der Waals surface area contributed by atoms with Crippen molar-refractivity contribution in [3.05, 3.63) is 164 Å². The van der Waals surface area contributed by atoms with Crippen LogP contribution < -0.4 is 0 Å². The fraction of sp³-hybridized carbons (Fsp3) is 0. The van der Waals surface area contributed by atoms with E-state index >= 15 is 0 Å². The van der Waals surface area contributed by atoms with Gasteiger partial charge in [-0.05, 0) is 90.0 Å². The monoisotopic (exact) mass is 609 g/mol. The lowest BCUT2D eigenvalue weighted by atomic mass is 9.91. The molecule has 0 unspecified atom stereocenters. The molecule has 0 radical (unpaired) electrons. The van der Waals surface area contributed by atoms with E-state index in [2.05, 4.69) is 164 Å². The zero-order valence-electron chi connectivity index (χ0n) is 25.9. The zero-order valence-corrected chi connectivity index (χ0v) is 25.9. The molecule has 1 aliphatic carbocycles. The summed E-state index contributed by atoms with van der Waals surface area (Å²) in [6, 6.07) is 58.1. The third kappa shape index (κ3) is 4.25. The minimum Gasteiger partial charge on any atom is -0.208 e. The van der Waals surface area contributed by atoms with E-state index < -0.39 is 0 Å². The van der Waals surface area contributed by atoms with Gasteiger partial charge in [-0.1, -0.05) is 140 Å². The van der Waals surface area contributed by atoms with Crippen molar-refractivity contribution in [3.8, 4) is 67.5 Å².